The monoisotopic (exact) mass is 302 g/mol. The molecule has 0 saturated heterocycles. The van der Waals surface area contributed by atoms with Crippen LogP contribution in [-0.4, -0.2) is 34.3 Å². The number of ether oxygens (including phenoxy) is 2. The van der Waals surface area contributed by atoms with Gasteiger partial charge in [-0.1, -0.05) is 0 Å². The molecule has 114 valence electrons. The van der Waals surface area contributed by atoms with E-state index in [0.717, 1.165) is 0 Å². The predicted molar refractivity (Wildman–Crippen MR) is 78.3 cm³/mol. The van der Waals surface area contributed by atoms with Crippen LogP contribution in [0.5, 0.6) is 5.75 Å². The summed E-state index contributed by atoms with van der Waals surface area (Å²) < 4.78 is 36.6. The van der Waals surface area contributed by atoms with Crippen LogP contribution in [0.4, 0.5) is 5.69 Å². The lowest BCUT2D eigenvalue weighted by atomic mass is 10.2. The Balaban J connectivity index is 2.73. The summed E-state index contributed by atoms with van der Waals surface area (Å²) in [6.07, 6.45) is 0. The molecule has 0 spiro atoms. The second-order valence-corrected chi connectivity index (χ2v) is 7.10. The van der Waals surface area contributed by atoms with Crippen LogP contribution in [-0.2, 0) is 14.8 Å². The van der Waals surface area contributed by atoms with Gasteiger partial charge in [0.15, 0.2) is 0 Å². The Labute approximate surface area is 120 Å². The summed E-state index contributed by atoms with van der Waals surface area (Å²) in [7, 11) is -2.16. The topological polar surface area (TPSA) is 90.7 Å². The van der Waals surface area contributed by atoms with Crippen molar-refractivity contribution in [1.29, 1.82) is 0 Å². The molecule has 0 saturated carbocycles. The van der Waals surface area contributed by atoms with E-state index in [1.54, 1.807) is 0 Å². The highest BCUT2D eigenvalue weighted by atomic mass is 32.2. The van der Waals surface area contributed by atoms with E-state index in [1.165, 1.54) is 25.2 Å². The smallest absolute Gasteiger partial charge is 0.240 e. The standard InChI is InChI=1S/C13H22N2O4S/c1-13(2,3)19-8-7-18-12-9-10(5-6-11(12)14)20(16,17)15-4/h5-6,9,15H,7-8,14H2,1-4H3. The minimum atomic E-state index is -3.51. The molecule has 1 aromatic rings. The van der Waals surface area contributed by atoms with E-state index < -0.39 is 10.0 Å². The molecule has 0 heterocycles. The first-order valence-corrected chi connectivity index (χ1v) is 7.74. The highest BCUT2D eigenvalue weighted by Gasteiger charge is 2.14. The average molecular weight is 302 g/mol. The number of nitrogens with two attached hydrogens (primary N) is 1. The Morgan fingerprint density at radius 2 is 1.90 bits per heavy atom. The lowest BCUT2D eigenvalue weighted by Gasteiger charge is -2.19. The Morgan fingerprint density at radius 1 is 1.25 bits per heavy atom. The van der Waals surface area contributed by atoms with Crippen molar-refractivity contribution < 1.29 is 17.9 Å². The molecule has 0 aliphatic carbocycles. The molecule has 7 heteroatoms. The molecule has 0 bridgehead atoms. The average Bonchev–Trinajstić information content (AvgIpc) is 2.35. The molecule has 1 rings (SSSR count). The van der Waals surface area contributed by atoms with Gasteiger partial charge in [0.2, 0.25) is 10.0 Å². The SMILES string of the molecule is CNS(=O)(=O)c1ccc(N)c(OCCOC(C)(C)C)c1. The van der Waals surface area contributed by atoms with Gasteiger partial charge in [-0.2, -0.15) is 0 Å². The van der Waals surface area contributed by atoms with Gasteiger partial charge in [0.05, 0.1) is 22.8 Å². The first kappa shape index (κ1) is 16.7. The summed E-state index contributed by atoms with van der Waals surface area (Å²) in [4.78, 5) is 0.112. The molecule has 0 aliphatic heterocycles. The summed E-state index contributed by atoms with van der Waals surface area (Å²) in [6.45, 7) is 6.53. The molecule has 0 amide bonds. The number of sulfonamides is 1. The van der Waals surface area contributed by atoms with Crippen LogP contribution in [0.1, 0.15) is 20.8 Å². The summed E-state index contributed by atoms with van der Waals surface area (Å²) in [5.41, 5.74) is 5.90. The zero-order chi connectivity index (χ0) is 15.4. The zero-order valence-electron chi connectivity index (χ0n) is 12.3. The normalized spacial score (nSPS) is 12.4. The van der Waals surface area contributed by atoms with Crippen molar-refractivity contribution in [2.45, 2.75) is 31.3 Å². The van der Waals surface area contributed by atoms with E-state index >= 15 is 0 Å². The van der Waals surface area contributed by atoms with Crippen LogP contribution in [0, 0.1) is 0 Å². The second kappa shape index (κ2) is 6.43. The largest absolute Gasteiger partial charge is 0.489 e. The van der Waals surface area contributed by atoms with Crippen molar-refractivity contribution in [2.24, 2.45) is 0 Å². The Bertz CT molecular complexity index is 550. The molecule has 20 heavy (non-hydrogen) atoms. The number of rotatable bonds is 6. The number of nitrogen functional groups attached to an aromatic ring is 1. The lowest BCUT2D eigenvalue weighted by molar-refractivity contribution is -0.0162. The van der Waals surface area contributed by atoms with E-state index in [1.807, 2.05) is 20.8 Å². The molecule has 0 atom stereocenters. The fourth-order valence-corrected chi connectivity index (χ4v) is 2.17. The Morgan fingerprint density at radius 3 is 2.45 bits per heavy atom. The van der Waals surface area contributed by atoms with Crippen molar-refractivity contribution in [2.75, 3.05) is 26.0 Å². The van der Waals surface area contributed by atoms with Crippen molar-refractivity contribution in [3.63, 3.8) is 0 Å². The van der Waals surface area contributed by atoms with Gasteiger partial charge in [-0.25, -0.2) is 13.1 Å². The predicted octanol–water partition coefficient (Wildman–Crippen LogP) is 1.37. The van der Waals surface area contributed by atoms with E-state index in [0.29, 0.717) is 24.7 Å². The molecule has 0 radical (unpaired) electrons. The summed E-state index contributed by atoms with van der Waals surface area (Å²) in [5.74, 6) is 0.332. The fourth-order valence-electron chi connectivity index (χ4n) is 1.42. The van der Waals surface area contributed by atoms with Gasteiger partial charge < -0.3 is 15.2 Å². The second-order valence-electron chi connectivity index (χ2n) is 5.22. The summed E-state index contributed by atoms with van der Waals surface area (Å²) in [6, 6.07) is 4.34. The first-order chi connectivity index (χ1) is 9.15. The molecule has 0 unspecified atom stereocenters. The van der Waals surface area contributed by atoms with Crippen LogP contribution in [0.3, 0.4) is 0 Å². The molecule has 1 aromatic carbocycles. The van der Waals surface area contributed by atoms with Crippen LogP contribution in [0.2, 0.25) is 0 Å². The maximum absolute atomic E-state index is 11.7. The van der Waals surface area contributed by atoms with Crippen molar-refractivity contribution in [3.8, 4) is 5.75 Å². The van der Waals surface area contributed by atoms with E-state index in [2.05, 4.69) is 4.72 Å². The third kappa shape index (κ3) is 4.99. The number of hydrogen-bond acceptors (Lipinski definition) is 5. The maximum atomic E-state index is 11.7. The quantitative estimate of drug-likeness (QED) is 0.612. The maximum Gasteiger partial charge on any atom is 0.240 e. The Hall–Kier alpha value is -1.31. The van der Waals surface area contributed by atoms with Crippen LogP contribution >= 0.6 is 0 Å². The lowest BCUT2D eigenvalue weighted by Crippen LogP contribution is -2.22. The van der Waals surface area contributed by atoms with Crippen molar-refractivity contribution in [3.05, 3.63) is 18.2 Å². The molecule has 0 fully saturated rings. The summed E-state index contributed by atoms with van der Waals surface area (Å²) in [5, 5.41) is 0. The summed E-state index contributed by atoms with van der Waals surface area (Å²) >= 11 is 0. The third-order valence-corrected chi connectivity index (χ3v) is 3.85. The number of hydrogen-bond donors (Lipinski definition) is 2. The minimum Gasteiger partial charge on any atom is -0.489 e. The van der Waals surface area contributed by atoms with Crippen LogP contribution in [0.25, 0.3) is 0 Å². The van der Waals surface area contributed by atoms with Gasteiger partial charge in [-0.3, -0.25) is 0 Å². The molecule has 6 nitrogen and oxygen atoms in total. The van der Waals surface area contributed by atoms with Crippen molar-refractivity contribution >= 4 is 15.7 Å². The van der Waals surface area contributed by atoms with E-state index in [4.69, 9.17) is 15.2 Å². The number of nitrogens with one attached hydrogen (secondary N) is 1. The third-order valence-electron chi connectivity index (χ3n) is 2.44. The highest BCUT2D eigenvalue weighted by molar-refractivity contribution is 7.89. The van der Waals surface area contributed by atoms with E-state index in [9.17, 15) is 8.42 Å². The molecule has 0 aliphatic rings. The zero-order valence-corrected chi connectivity index (χ0v) is 13.1. The van der Waals surface area contributed by atoms with Gasteiger partial charge in [-0.05, 0) is 40.0 Å². The van der Waals surface area contributed by atoms with Crippen LogP contribution in [0.15, 0.2) is 23.1 Å². The number of anilines is 1. The first-order valence-electron chi connectivity index (χ1n) is 6.25. The number of benzene rings is 1. The van der Waals surface area contributed by atoms with Gasteiger partial charge >= 0.3 is 0 Å². The van der Waals surface area contributed by atoms with Gasteiger partial charge in [0.25, 0.3) is 0 Å². The minimum absolute atomic E-state index is 0.112. The molecule has 0 aromatic heterocycles. The highest BCUT2D eigenvalue weighted by Crippen LogP contribution is 2.25. The Kier molecular flexibility index (Phi) is 5.38. The molecular formula is C13H22N2O4S. The molecule has 3 N–H and O–H groups in total. The molecular weight excluding hydrogens is 280 g/mol. The fraction of sp³-hybridized carbons (Fsp3) is 0.538. The van der Waals surface area contributed by atoms with E-state index in [-0.39, 0.29) is 10.5 Å². The van der Waals surface area contributed by atoms with Gasteiger partial charge in [0, 0.05) is 6.07 Å². The van der Waals surface area contributed by atoms with Gasteiger partial charge in [0.1, 0.15) is 12.4 Å². The van der Waals surface area contributed by atoms with Crippen LogP contribution < -0.4 is 15.2 Å². The van der Waals surface area contributed by atoms with Crippen molar-refractivity contribution in [1.82, 2.24) is 4.72 Å². The van der Waals surface area contributed by atoms with Gasteiger partial charge in [-0.15, -0.1) is 0 Å².